The predicted molar refractivity (Wildman–Crippen MR) is 90.2 cm³/mol. The maximum Gasteiger partial charge on any atom is 0.333 e. The fraction of sp³-hybridized carbons (Fsp3) is 0.333. The van der Waals surface area contributed by atoms with Gasteiger partial charge in [0.1, 0.15) is 11.5 Å². The molecule has 6 heteroatoms. The van der Waals surface area contributed by atoms with Gasteiger partial charge in [0, 0.05) is 22.8 Å². The van der Waals surface area contributed by atoms with E-state index in [1.54, 1.807) is 38.3 Å². The number of carbonyl (C=O) groups excluding carboxylic acids is 1. The van der Waals surface area contributed by atoms with Crippen LogP contribution in [0.4, 0.5) is 0 Å². The Morgan fingerprint density at radius 3 is 2.50 bits per heavy atom. The van der Waals surface area contributed by atoms with E-state index in [1.807, 2.05) is 0 Å². The molecule has 0 amide bonds. The van der Waals surface area contributed by atoms with Crippen LogP contribution in [-0.2, 0) is 14.3 Å². The van der Waals surface area contributed by atoms with Crippen LogP contribution in [-0.4, -0.2) is 37.9 Å². The van der Waals surface area contributed by atoms with E-state index in [2.05, 4.69) is 6.58 Å². The molecule has 1 rings (SSSR count). The van der Waals surface area contributed by atoms with Crippen LogP contribution in [0.25, 0.3) is 6.08 Å². The SMILES string of the molecule is C=C(C)C(=O)OCCCC(=Cc1ccc(OC)cc1OC)C(=O)O. The summed E-state index contributed by atoms with van der Waals surface area (Å²) >= 11 is 0. The Kier molecular flexibility index (Phi) is 7.55. The summed E-state index contributed by atoms with van der Waals surface area (Å²) in [6.07, 6.45) is 2.20. The molecule has 1 N–H and O–H groups in total. The van der Waals surface area contributed by atoms with E-state index in [1.165, 1.54) is 7.11 Å². The fourth-order valence-corrected chi connectivity index (χ4v) is 1.92. The minimum atomic E-state index is -1.03. The average Bonchev–Trinajstić information content (AvgIpc) is 2.56. The summed E-state index contributed by atoms with van der Waals surface area (Å²) in [6.45, 7) is 5.17. The normalized spacial score (nSPS) is 10.9. The maximum atomic E-state index is 11.4. The molecule has 0 saturated carbocycles. The molecule has 24 heavy (non-hydrogen) atoms. The van der Waals surface area contributed by atoms with E-state index in [0.717, 1.165) is 0 Å². The van der Waals surface area contributed by atoms with Crippen molar-refractivity contribution in [3.63, 3.8) is 0 Å². The molecule has 0 fully saturated rings. The molecule has 130 valence electrons. The zero-order valence-corrected chi connectivity index (χ0v) is 14.1. The van der Waals surface area contributed by atoms with E-state index < -0.39 is 11.9 Å². The number of hydrogen-bond donors (Lipinski definition) is 1. The molecule has 1 aromatic rings. The van der Waals surface area contributed by atoms with Crippen LogP contribution < -0.4 is 9.47 Å². The van der Waals surface area contributed by atoms with Gasteiger partial charge < -0.3 is 19.3 Å². The predicted octanol–water partition coefficient (Wildman–Crippen LogP) is 3.07. The Bertz CT molecular complexity index is 645. The smallest absolute Gasteiger partial charge is 0.333 e. The minimum Gasteiger partial charge on any atom is -0.497 e. The average molecular weight is 334 g/mol. The van der Waals surface area contributed by atoms with Crippen LogP contribution in [0.2, 0.25) is 0 Å². The first-order valence-electron chi connectivity index (χ1n) is 7.37. The molecule has 0 spiro atoms. The Labute approximate surface area is 141 Å². The number of rotatable bonds is 9. The van der Waals surface area contributed by atoms with Gasteiger partial charge in [-0.1, -0.05) is 6.58 Å². The zero-order valence-electron chi connectivity index (χ0n) is 14.1. The highest BCUT2D eigenvalue weighted by Gasteiger charge is 2.11. The summed E-state index contributed by atoms with van der Waals surface area (Å²) in [5.74, 6) is -0.374. The first kappa shape index (κ1) is 19.3. The summed E-state index contributed by atoms with van der Waals surface area (Å²) < 4.78 is 15.3. The molecule has 0 unspecified atom stereocenters. The van der Waals surface area contributed by atoms with Crippen molar-refractivity contribution in [3.8, 4) is 11.5 Å². The summed E-state index contributed by atoms with van der Waals surface area (Å²) in [5.41, 5.74) is 1.14. The van der Waals surface area contributed by atoms with E-state index in [9.17, 15) is 14.7 Å². The number of aliphatic carboxylic acids is 1. The number of carbonyl (C=O) groups is 2. The molecule has 0 aliphatic rings. The largest absolute Gasteiger partial charge is 0.497 e. The van der Waals surface area contributed by atoms with Crippen molar-refractivity contribution in [2.24, 2.45) is 0 Å². The van der Waals surface area contributed by atoms with Gasteiger partial charge in [0.2, 0.25) is 0 Å². The lowest BCUT2D eigenvalue weighted by Crippen LogP contribution is -2.08. The van der Waals surface area contributed by atoms with Crippen LogP contribution in [0.15, 0.2) is 35.9 Å². The van der Waals surface area contributed by atoms with Crippen LogP contribution in [0.3, 0.4) is 0 Å². The Morgan fingerprint density at radius 2 is 1.96 bits per heavy atom. The van der Waals surface area contributed by atoms with E-state index >= 15 is 0 Å². The van der Waals surface area contributed by atoms with E-state index in [-0.39, 0.29) is 18.6 Å². The summed E-state index contributed by atoms with van der Waals surface area (Å²) in [5, 5.41) is 9.34. The van der Waals surface area contributed by atoms with Crippen LogP contribution in [0.1, 0.15) is 25.3 Å². The van der Waals surface area contributed by atoms with Gasteiger partial charge in [-0.2, -0.15) is 0 Å². The van der Waals surface area contributed by atoms with Gasteiger partial charge in [-0.25, -0.2) is 9.59 Å². The number of hydrogen-bond acceptors (Lipinski definition) is 5. The summed E-state index contributed by atoms with van der Waals surface area (Å²) in [4.78, 5) is 22.7. The zero-order chi connectivity index (χ0) is 18.1. The quantitative estimate of drug-likeness (QED) is 0.424. The summed E-state index contributed by atoms with van der Waals surface area (Å²) in [7, 11) is 3.04. The highest BCUT2D eigenvalue weighted by Crippen LogP contribution is 2.27. The van der Waals surface area contributed by atoms with Gasteiger partial charge in [0.05, 0.1) is 20.8 Å². The van der Waals surface area contributed by atoms with Gasteiger partial charge in [0.15, 0.2) is 0 Å². The highest BCUT2D eigenvalue weighted by molar-refractivity contribution is 5.92. The minimum absolute atomic E-state index is 0.135. The van der Waals surface area contributed by atoms with Crippen molar-refractivity contribution in [1.29, 1.82) is 0 Å². The molecule has 1 aromatic carbocycles. The van der Waals surface area contributed by atoms with E-state index in [0.29, 0.717) is 29.1 Å². The number of ether oxygens (including phenoxy) is 3. The number of benzene rings is 1. The van der Waals surface area contributed by atoms with Gasteiger partial charge in [-0.3, -0.25) is 0 Å². The first-order valence-corrected chi connectivity index (χ1v) is 7.37. The molecule has 0 aliphatic heterocycles. The van der Waals surface area contributed by atoms with Crippen molar-refractivity contribution in [3.05, 3.63) is 41.5 Å². The Morgan fingerprint density at radius 1 is 1.25 bits per heavy atom. The second-order valence-electron chi connectivity index (χ2n) is 5.10. The molecular formula is C18H22O6. The monoisotopic (exact) mass is 334 g/mol. The molecule has 0 radical (unpaired) electrons. The third-order valence-corrected chi connectivity index (χ3v) is 3.22. The van der Waals surface area contributed by atoms with Crippen LogP contribution in [0, 0.1) is 0 Å². The maximum absolute atomic E-state index is 11.4. The topological polar surface area (TPSA) is 82.1 Å². The first-order chi connectivity index (χ1) is 11.4. The molecule has 0 aliphatic carbocycles. The van der Waals surface area contributed by atoms with Crippen molar-refractivity contribution in [1.82, 2.24) is 0 Å². The lowest BCUT2D eigenvalue weighted by Gasteiger charge is -2.09. The van der Waals surface area contributed by atoms with Gasteiger partial charge in [0.25, 0.3) is 0 Å². The Hall–Kier alpha value is -2.76. The van der Waals surface area contributed by atoms with Gasteiger partial charge in [-0.15, -0.1) is 0 Å². The van der Waals surface area contributed by atoms with Crippen molar-refractivity contribution < 1.29 is 28.9 Å². The molecular weight excluding hydrogens is 312 g/mol. The summed E-state index contributed by atoms with van der Waals surface area (Å²) in [6, 6.07) is 5.13. The van der Waals surface area contributed by atoms with E-state index in [4.69, 9.17) is 14.2 Å². The third-order valence-electron chi connectivity index (χ3n) is 3.22. The number of carboxylic acids is 1. The van der Waals surface area contributed by atoms with Crippen LogP contribution >= 0.6 is 0 Å². The van der Waals surface area contributed by atoms with Gasteiger partial charge in [-0.05, 0) is 38.0 Å². The molecule has 6 nitrogen and oxygen atoms in total. The lowest BCUT2D eigenvalue weighted by atomic mass is 10.1. The third kappa shape index (κ3) is 5.79. The van der Waals surface area contributed by atoms with Crippen molar-refractivity contribution >= 4 is 18.0 Å². The van der Waals surface area contributed by atoms with Gasteiger partial charge >= 0.3 is 11.9 Å². The molecule has 0 heterocycles. The van der Waals surface area contributed by atoms with Crippen molar-refractivity contribution in [2.45, 2.75) is 19.8 Å². The highest BCUT2D eigenvalue weighted by atomic mass is 16.5. The van der Waals surface area contributed by atoms with Crippen LogP contribution in [0.5, 0.6) is 11.5 Å². The molecule has 0 saturated heterocycles. The molecule has 0 atom stereocenters. The number of methoxy groups -OCH3 is 2. The lowest BCUT2D eigenvalue weighted by molar-refractivity contribution is -0.139. The fourth-order valence-electron chi connectivity index (χ4n) is 1.92. The Balaban J connectivity index is 2.81. The second kappa shape index (κ2) is 9.39. The second-order valence-corrected chi connectivity index (χ2v) is 5.10. The number of esters is 1. The number of carboxylic acid groups (broad SMARTS) is 1. The molecule has 0 aromatic heterocycles. The van der Waals surface area contributed by atoms with Crippen molar-refractivity contribution in [2.75, 3.05) is 20.8 Å². The standard InChI is InChI=1S/C18H22O6/c1-12(2)18(21)24-9-5-6-14(17(19)20)10-13-7-8-15(22-3)11-16(13)23-4/h7-8,10-11H,1,5-6,9H2,2-4H3,(H,19,20). The molecule has 0 bridgehead atoms.